The van der Waals surface area contributed by atoms with E-state index in [9.17, 15) is 4.79 Å². The molecule has 20 heavy (non-hydrogen) atoms. The minimum absolute atomic E-state index is 0.354. The van der Waals surface area contributed by atoms with Crippen LogP contribution in [-0.4, -0.2) is 23.9 Å². The zero-order chi connectivity index (χ0) is 14.7. The molecule has 2 heteroatoms. The monoisotopic (exact) mass is 279 g/mol. The van der Waals surface area contributed by atoms with Gasteiger partial charge in [-0.05, 0) is 43.4 Å². The van der Waals surface area contributed by atoms with Crippen LogP contribution in [0.5, 0.6) is 0 Å². The summed E-state index contributed by atoms with van der Waals surface area (Å²) >= 11 is 0. The van der Waals surface area contributed by atoms with Crippen LogP contribution < -0.4 is 0 Å². The molecular weight excluding hydrogens is 246 g/mol. The van der Waals surface area contributed by atoms with Crippen molar-refractivity contribution in [3.63, 3.8) is 0 Å². The van der Waals surface area contributed by atoms with Crippen molar-refractivity contribution in [3.8, 4) is 0 Å². The van der Waals surface area contributed by atoms with E-state index in [1.54, 1.807) is 0 Å². The van der Waals surface area contributed by atoms with E-state index < -0.39 is 0 Å². The number of hydrogen-bond acceptors (Lipinski definition) is 1. The van der Waals surface area contributed by atoms with Crippen molar-refractivity contribution in [2.45, 2.75) is 78.2 Å². The first-order valence-corrected chi connectivity index (χ1v) is 8.81. The fourth-order valence-electron chi connectivity index (χ4n) is 4.41. The molecule has 0 saturated heterocycles. The molecule has 2 nitrogen and oxygen atoms in total. The van der Waals surface area contributed by atoms with E-state index in [-0.39, 0.29) is 0 Å². The highest BCUT2D eigenvalue weighted by Crippen LogP contribution is 2.38. The van der Waals surface area contributed by atoms with E-state index >= 15 is 0 Å². The van der Waals surface area contributed by atoms with Gasteiger partial charge in [-0.1, -0.05) is 46.5 Å². The van der Waals surface area contributed by atoms with Gasteiger partial charge in [-0.25, -0.2) is 0 Å². The van der Waals surface area contributed by atoms with E-state index in [0.717, 1.165) is 30.6 Å². The fraction of sp³-hybridized carbons (Fsp3) is 0.944. The van der Waals surface area contributed by atoms with E-state index in [1.807, 2.05) is 0 Å². The summed E-state index contributed by atoms with van der Waals surface area (Å²) in [6.07, 6.45) is 9.94. The first-order valence-electron chi connectivity index (χ1n) is 8.81. The van der Waals surface area contributed by atoms with Crippen molar-refractivity contribution < 1.29 is 4.79 Å². The Kier molecular flexibility index (Phi) is 5.51. The molecule has 0 spiro atoms. The van der Waals surface area contributed by atoms with Gasteiger partial charge >= 0.3 is 0 Å². The molecule has 2 aliphatic rings. The van der Waals surface area contributed by atoms with Crippen molar-refractivity contribution in [1.29, 1.82) is 0 Å². The second kappa shape index (κ2) is 6.95. The van der Waals surface area contributed by atoms with E-state index in [0.29, 0.717) is 17.9 Å². The van der Waals surface area contributed by atoms with E-state index in [1.165, 1.54) is 38.5 Å². The molecule has 0 aromatic carbocycles. The van der Waals surface area contributed by atoms with Gasteiger partial charge < -0.3 is 4.90 Å². The molecule has 116 valence electrons. The van der Waals surface area contributed by atoms with Crippen LogP contribution in [0.1, 0.15) is 72.1 Å². The molecule has 3 atom stereocenters. The largest absolute Gasteiger partial charge is 0.343 e. The van der Waals surface area contributed by atoms with Gasteiger partial charge in [0.15, 0.2) is 0 Å². The number of hydrogen-bond donors (Lipinski definition) is 0. The number of carbonyl (C=O) groups excluding carboxylic acids is 1. The Hall–Kier alpha value is -0.530. The minimum atomic E-state index is 0.354. The first kappa shape index (κ1) is 15.9. The van der Waals surface area contributed by atoms with Crippen LogP contribution in [0.3, 0.4) is 0 Å². The summed E-state index contributed by atoms with van der Waals surface area (Å²) in [4.78, 5) is 14.5. The molecule has 2 saturated carbocycles. The molecule has 0 N–H and O–H groups in total. The standard InChI is InChI=1S/C18H33NO/c1-5-17(13(2)3)15-10-7-11-16(12-15)19(4)18(20)14-8-6-9-14/h13-17H,5-12H2,1-4H3. The summed E-state index contributed by atoms with van der Waals surface area (Å²) in [5.41, 5.74) is 0. The molecule has 0 aliphatic heterocycles. The zero-order valence-electron chi connectivity index (χ0n) is 13.9. The van der Waals surface area contributed by atoms with Crippen molar-refractivity contribution in [3.05, 3.63) is 0 Å². The highest BCUT2D eigenvalue weighted by atomic mass is 16.2. The number of carbonyl (C=O) groups is 1. The SMILES string of the molecule is CCC(C(C)C)C1CCCC(N(C)C(=O)C2CCC2)C1. The predicted octanol–water partition coefficient (Wildman–Crippen LogP) is 4.49. The fourth-order valence-corrected chi connectivity index (χ4v) is 4.41. The Labute approximate surface area is 125 Å². The lowest BCUT2D eigenvalue weighted by molar-refractivity contribution is -0.140. The van der Waals surface area contributed by atoms with E-state index in [4.69, 9.17) is 0 Å². The Morgan fingerprint density at radius 2 is 1.80 bits per heavy atom. The summed E-state index contributed by atoms with van der Waals surface area (Å²) in [6.45, 7) is 7.06. The Balaban J connectivity index is 1.93. The maximum Gasteiger partial charge on any atom is 0.225 e. The molecule has 1 amide bonds. The van der Waals surface area contributed by atoms with Gasteiger partial charge in [0.2, 0.25) is 5.91 Å². The molecular formula is C18H33NO. The Morgan fingerprint density at radius 1 is 1.15 bits per heavy atom. The van der Waals surface area contributed by atoms with Gasteiger partial charge in [-0.2, -0.15) is 0 Å². The first-order chi connectivity index (χ1) is 9.54. The number of nitrogens with zero attached hydrogens (tertiary/aromatic N) is 1. The molecule has 0 heterocycles. The van der Waals surface area contributed by atoms with Crippen LogP contribution >= 0.6 is 0 Å². The quantitative estimate of drug-likeness (QED) is 0.726. The summed E-state index contributed by atoms with van der Waals surface area (Å²) in [5.74, 6) is 3.23. The van der Waals surface area contributed by atoms with Crippen LogP contribution in [0.25, 0.3) is 0 Å². The average Bonchev–Trinajstić information content (AvgIpc) is 2.36. The smallest absolute Gasteiger partial charge is 0.225 e. The topological polar surface area (TPSA) is 20.3 Å². The third-order valence-corrected chi connectivity index (χ3v) is 5.97. The van der Waals surface area contributed by atoms with Gasteiger partial charge in [0.25, 0.3) is 0 Å². The number of rotatable bonds is 5. The minimum Gasteiger partial charge on any atom is -0.343 e. The maximum absolute atomic E-state index is 12.4. The van der Waals surface area contributed by atoms with Crippen LogP contribution in [-0.2, 0) is 4.79 Å². The van der Waals surface area contributed by atoms with Crippen molar-refractivity contribution in [1.82, 2.24) is 4.90 Å². The van der Waals surface area contributed by atoms with Crippen LogP contribution in [0, 0.1) is 23.7 Å². The van der Waals surface area contributed by atoms with Gasteiger partial charge in [-0.3, -0.25) is 4.79 Å². The van der Waals surface area contributed by atoms with Crippen molar-refractivity contribution in [2.24, 2.45) is 23.7 Å². The molecule has 0 bridgehead atoms. The normalized spacial score (nSPS) is 29.1. The molecule has 2 aliphatic carbocycles. The van der Waals surface area contributed by atoms with Crippen LogP contribution in [0.4, 0.5) is 0 Å². The summed E-state index contributed by atoms with van der Waals surface area (Å²) in [5, 5.41) is 0. The number of amides is 1. The molecule has 0 radical (unpaired) electrons. The third-order valence-electron chi connectivity index (χ3n) is 5.97. The summed E-state index contributed by atoms with van der Waals surface area (Å²) in [7, 11) is 2.06. The highest BCUT2D eigenvalue weighted by Gasteiger charge is 2.35. The van der Waals surface area contributed by atoms with E-state index in [2.05, 4.69) is 32.7 Å². The second-order valence-corrected chi connectivity index (χ2v) is 7.47. The lowest BCUT2D eigenvalue weighted by Gasteiger charge is -2.41. The third kappa shape index (κ3) is 3.38. The Morgan fingerprint density at radius 3 is 2.30 bits per heavy atom. The molecule has 3 unspecified atom stereocenters. The average molecular weight is 279 g/mol. The zero-order valence-corrected chi connectivity index (χ0v) is 13.9. The maximum atomic E-state index is 12.4. The van der Waals surface area contributed by atoms with Crippen molar-refractivity contribution in [2.75, 3.05) is 7.05 Å². The molecule has 2 fully saturated rings. The second-order valence-electron chi connectivity index (χ2n) is 7.47. The summed E-state index contributed by atoms with van der Waals surface area (Å²) in [6, 6.07) is 0.509. The van der Waals surface area contributed by atoms with Gasteiger partial charge in [0, 0.05) is 19.0 Å². The molecule has 2 rings (SSSR count). The van der Waals surface area contributed by atoms with Gasteiger partial charge in [0.1, 0.15) is 0 Å². The summed E-state index contributed by atoms with van der Waals surface area (Å²) < 4.78 is 0. The highest BCUT2D eigenvalue weighted by molar-refractivity contribution is 5.79. The van der Waals surface area contributed by atoms with Crippen LogP contribution in [0.2, 0.25) is 0 Å². The Bertz CT molecular complexity index is 321. The van der Waals surface area contributed by atoms with Crippen LogP contribution in [0.15, 0.2) is 0 Å². The molecule has 0 aromatic rings. The van der Waals surface area contributed by atoms with Gasteiger partial charge in [-0.15, -0.1) is 0 Å². The predicted molar refractivity (Wildman–Crippen MR) is 84.5 cm³/mol. The lowest BCUT2D eigenvalue weighted by Crippen LogP contribution is -2.45. The van der Waals surface area contributed by atoms with Crippen molar-refractivity contribution >= 4 is 5.91 Å². The molecule has 0 aromatic heterocycles. The lowest BCUT2D eigenvalue weighted by atomic mass is 9.72. The van der Waals surface area contributed by atoms with Gasteiger partial charge in [0.05, 0.1) is 0 Å².